The van der Waals surface area contributed by atoms with Gasteiger partial charge in [0.15, 0.2) is 0 Å². The fourth-order valence-corrected chi connectivity index (χ4v) is 1.19. The minimum atomic E-state index is -0.550. The minimum absolute atomic E-state index is 0.0537. The third-order valence-corrected chi connectivity index (χ3v) is 2.28. The lowest BCUT2D eigenvalue weighted by Crippen LogP contribution is -2.37. The summed E-state index contributed by atoms with van der Waals surface area (Å²) >= 11 is 3.27. The molecule has 0 atom stereocenters. The van der Waals surface area contributed by atoms with Gasteiger partial charge in [0.1, 0.15) is 0 Å². The molecule has 0 aliphatic heterocycles. The zero-order valence-corrected chi connectivity index (χ0v) is 12.2. The number of carbonyl (C=O) groups is 2. The van der Waals surface area contributed by atoms with Gasteiger partial charge in [-0.15, -0.1) is 0 Å². The van der Waals surface area contributed by atoms with Crippen molar-refractivity contribution >= 4 is 27.8 Å². The van der Waals surface area contributed by atoms with Crippen LogP contribution in [0.25, 0.3) is 0 Å². The van der Waals surface area contributed by atoms with Crippen molar-refractivity contribution in [2.75, 3.05) is 6.54 Å². The molecule has 0 aliphatic rings. The van der Waals surface area contributed by atoms with E-state index in [9.17, 15) is 9.59 Å². The van der Waals surface area contributed by atoms with Crippen LogP contribution in [0.1, 0.15) is 40.0 Å². The van der Waals surface area contributed by atoms with Crippen LogP contribution in [-0.2, 0) is 14.3 Å². The van der Waals surface area contributed by atoms with Crippen LogP contribution in [0.4, 0.5) is 0 Å². The molecule has 17 heavy (non-hydrogen) atoms. The van der Waals surface area contributed by atoms with Crippen LogP contribution in [-0.4, -0.2) is 22.7 Å². The number of unbranched alkanes of at least 4 members (excludes halogenated alkanes) is 1. The number of rotatable bonds is 7. The molecule has 0 fully saturated rings. The minimum Gasteiger partial charge on any atom is -0.432 e. The summed E-state index contributed by atoms with van der Waals surface area (Å²) in [6.07, 6.45) is 1.79. The molecule has 0 bridgehead atoms. The van der Waals surface area contributed by atoms with Gasteiger partial charge in [-0.05, 0) is 33.6 Å². The standard InChI is InChI=1S/C12H20BrNO3/c1-9(2)17-10(15)7-5-6-8-14-11(16)12(3,4)13/h1,5-8H2,2-4H3,(H,14,16). The molecule has 1 amide bonds. The zero-order chi connectivity index (χ0) is 13.5. The molecule has 1 N–H and O–H groups in total. The highest BCUT2D eigenvalue weighted by atomic mass is 79.9. The molecular formula is C12H20BrNO3. The van der Waals surface area contributed by atoms with Gasteiger partial charge in [0, 0.05) is 13.0 Å². The van der Waals surface area contributed by atoms with E-state index < -0.39 is 4.32 Å². The Morgan fingerprint density at radius 3 is 2.41 bits per heavy atom. The van der Waals surface area contributed by atoms with Crippen LogP contribution >= 0.6 is 15.9 Å². The van der Waals surface area contributed by atoms with Crippen molar-refractivity contribution in [2.45, 2.75) is 44.4 Å². The van der Waals surface area contributed by atoms with Gasteiger partial charge in [0.2, 0.25) is 5.91 Å². The third-order valence-electron chi connectivity index (χ3n) is 1.92. The summed E-state index contributed by atoms with van der Waals surface area (Å²) in [4.78, 5) is 22.6. The maximum atomic E-state index is 11.4. The summed E-state index contributed by atoms with van der Waals surface area (Å²) in [6.45, 7) is 9.25. The summed E-state index contributed by atoms with van der Waals surface area (Å²) in [5.41, 5.74) is 0. The molecule has 0 heterocycles. The molecule has 0 aromatic carbocycles. The predicted molar refractivity (Wildman–Crippen MR) is 70.8 cm³/mol. The van der Waals surface area contributed by atoms with Crippen LogP contribution in [0.5, 0.6) is 0 Å². The summed E-state index contributed by atoms with van der Waals surface area (Å²) in [5, 5.41) is 2.78. The Morgan fingerprint density at radius 1 is 1.35 bits per heavy atom. The lowest BCUT2D eigenvalue weighted by atomic mass is 10.2. The van der Waals surface area contributed by atoms with E-state index in [0.29, 0.717) is 25.1 Å². The van der Waals surface area contributed by atoms with Crippen molar-refractivity contribution in [3.63, 3.8) is 0 Å². The quantitative estimate of drug-likeness (QED) is 0.340. The molecule has 0 aromatic heterocycles. The molecule has 0 spiro atoms. The summed E-state index contributed by atoms with van der Waals surface area (Å²) in [5.74, 6) is 0.0796. The first-order valence-electron chi connectivity index (χ1n) is 5.57. The van der Waals surface area contributed by atoms with E-state index in [1.807, 2.05) is 0 Å². The van der Waals surface area contributed by atoms with E-state index in [4.69, 9.17) is 4.74 Å². The van der Waals surface area contributed by atoms with E-state index in [-0.39, 0.29) is 11.9 Å². The Bertz CT molecular complexity index is 295. The highest BCUT2D eigenvalue weighted by Gasteiger charge is 2.22. The Labute approximate surface area is 111 Å². The van der Waals surface area contributed by atoms with E-state index in [1.165, 1.54) is 0 Å². The van der Waals surface area contributed by atoms with Crippen molar-refractivity contribution in [1.82, 2.24) is 5.32 Å². The molecular weight excluding hydrogens is 286 g/mol. The summed E-state index contributed by atoms with van der Waals surface area (Å²) in [7, 11) is 0. The smallest absolute Gasteiger partial charge is 0.310 e. The number of hydrogen-bond donors (Lipinski definition) is 1. The fourth-order valence-electron chi connectivity index (χ4n) is 1.05. The van der Waals surface area contributed by atoms with Crippen molar-refractivity contribution in [3.05, 3.63) is 12.3 Å². The molecule has 0 aromatic rings. The zero-order valence-electron chi connectivity index (χ0n) is 10.6. The van der Waals surface area contributed by atoms with Crippen LogP contribution in [0.2, 0.25) is 0 Å². The molecule has 98 valence electrons. The number of amides is 1. The Kier molecular flexibility index (Phi) is 7.11. The Morgan fingerprint density at radius 2 is 1.94 bits per heavy atom. The number of nitrogens with one attached hydrogen (secondary N) is 1. The monoisotopic (exact) mass is 305 g/mol. The lowest BCUT2D eigenvalue weighted by molar-refractivity contribution is -0.139. The first-order valence-corrected chi connectivity index (χ1v) is 6.36. The van der Waals surface area contributed by atoms with E-state index in [1.54, 1.807) is 20.8 Å². The summed E-state index contributed by atoms with van der Waals surface area (Å²) in [6, 6.07) is 0. The van der Waals surface area contributed by atoms with Gasteiger partial charge >= 0.3 is 5.97 Å². The van der Waals surface area contributed by atoms with Crippen LogP contribution < -0.4 is 5.32 Å². The second kappa shape index (κ2) is 7.48. The van der Waals surface area contributed by atoms with Gasteiger partial charge < -0.3 is 10.1 Å². The molecule has 0 unspecified atom stereocenters. The highest BCUT2D eigenvalue weighted by Crippen LogP contribution is 2.15. The molecule has 5 heteroatoms. The van der Waals surface area contributed by atoms with E-state index in [0.717, 1.165) is 6.42 Å². The number of allylic oxidation sites excluding steroid dienone is 1. The number of alkyl halides is 1. The van der Waals surface area contributed by atoms with Gasteiger partial charge in [-0.1, -0.05) is 22.5 Å². The number of carbonyl (C=O) groups excluding carboxylic acids is 2. The fraction of sp³-hybridized carbons (Fsp3) is 0.667. The number of hydrogen-bond acceptors (Lipinski definition) is 3. The number of esters is 1. The second-order valence-corrected chi connectivity index (χ2v) is 6.34. The largest absolute Gasteiger partial charge is 0.432 e. The van der Waals surface area contributed by atoms with Crippen molar-refractivity contribution in [1.29, 1.82) is 0 Å². The topological polar surface area (TPSA) is 55.4 Å². The SMILES string of the molecule is C=C(C)OC(=O)CCCCNC(=O)C(C)(C)Br. The third kappa shape index (κ3) is 8.92. The van der Waals surface area contributed by atoms with Crippen molar-refractivity contribution in [2.24, 2.45) is 0 Å². The predicted octanol–water partition coefficient (Wildman–Crippen LogP) is 2.52. The molecule has 4 nitrogen and oxygen atoms in total. The molecule has 0 saturated heterocycles. The van der Waals surface area contributed by atoms with Gasteiger partial charge in [0.25, 0.3) is 0 Å². The second-order valence-electron chi connectivity index (χ2n) is 4.36. The average Bonchev–Trinajstić information content (AvgIpc) is 2.14. The maximum Gasteiger partial charge on any atom is 0.310 e. The van der Waals surface area contributed by atoms with Crippen molar-refractivity contribution in [3.8, 4) is 0 Å². The molecule has 0 rings (SSSR count). The molecule has 0 aliphatic carbocycles. The Hall–Kier alpha value is -0.840. The lowest BCUT2D eigenvalue weighted by Gasteiger charge is -2.15. The normalized spacial score (nSPS) is 10.8. The van der Waals surface area contributed by atoms with E-state index >= 15 is 0 Å². The first-order chi connectivity index (χ1) is 7.73. The first kappa shape index (κ1) is 16.2. The van der Waals surface area contributed by atoms with Crippen molar-refractivity contribution < 1.29 is 14.3 Å². The molecule has 0 saturated carbocycles. The van der Waals surface area contributed by atoms with Crippen LogP contribution in [0.15, 0.2) is 12.3 Å². The van der Waals surface area contributed by atoms with Gasteiger partial charge in [0.05, 0.1) is 10.1 Å². The van der Waals surface area contributed by atoms with Gasteiger partial charge in [-0.25, -0.2) is 0 Å². The van der Waals surface area contributed by atoms with E-state index in [2.05, 4.69) is 27.8 Å². The highest BCUT2D eigenvalue weighted by molar-refractivity contribution is 9.10. The van der Waals surface area contributed by atoms with Crippen LogP contribution in [0.3, 0.4) is 0 Å². The Balaban J connectivity index is 3.57. The number of halogens is 1. The van der Waals surface area contributed by atoms with Gasteiger partial charge in [-0.2, -0.15) is 0 Å². The number of ether oxygens (including phenoxy) is 1. The average molecular weight is 306 g/mol. The molecule has 0 radical (unpaired) electrons. The maximum absolute atomic E-state index is 11.4. The van der Waals surface area contributed by atoms with Crippen LogP contribution in [0, 0.1) is 0 Å². The summed E-state index contributed by atoms with van der Waals surface area (Å²) < 4.78 is 4.25. The van der Waals surface area contributed by atoms with Gasteiger partial charge in [-0.3, -0.25) is 9.59 Å².